The van der Waals surface area contributed by atoms with Crippen molar-refractivity contribution in [1.29, 1.82) is 0 Å². The van der Waals surface area contributed by atoms with Crippen molar-refractivity contribution in [3.05, 3.63) is 36.4 Å². The monoisotopic (exact) mass is 364 g/mol. The van der Waals surface area contributed by atoms with Crippen LogP contribution in [0.25, 0.3) is 10.8 Å². The molecule has 2 rings (SSSR count). The van der Waals surface area contributed by atoms with Crippen molar-refractivity contribution in [3.63, 3.8) is 0 Å². The quantitative estimate of drug-likeness (QED) is 0.731. The first kappa shape index (κ1) is 19.7. The number of hydrogen-bond acceptors (Lipinski definition) is 4. The first-order valence-corrected chi connectivity index (χ1v) is 10.6. The summed E-state index contributed by atoms with van der Waals surface area (Å²) in [6.07, 6.45) is 0. The molecule has 0 aliphatic rings. The van der Waals surface area contributed by atoms with Crippen LogP contribution in [-0.2, 0) is 0 Å². The van der Waals surface area contributed by atoms with E-state index in [0.29, 0.717) is 0 Å². The molecule has 0 bridgehead atoms. The molecule has 0 saturated heterocycles. The molecular formula is C18H30N4P2. The summed E-state index contributed by atoms with van der Waals surface area (Å²) >= 11 is 0. The molecule has 132 valence electrons. The zero-order valence-corrected chi connectivity index (χ0v) is 17.9. The minimum Gasteiger partial charge on any atom is -0.272 e. The molecule has 0 radical (unpaired) electrons. The van der Waals surface area contributed by atoms with Crippen LogP contribution in [0.5, 0.6) is 0 Å². The third kappa shape index (κ3) is 3.96. The molecule has 6 heteroatoms. The maximum atomic E-state index is 2.34. The molecule has 0 atom stereocenters. The third-order valence-electron chi connectivity index (χ3n) is 3.81. The van der Waals surface area contributed by atoms with Crippen molar-refractivity contribution < 1.29 is 0 Å². The van der Waals surface area contributed by atoms with Crippen LogP contribution in [0.1, 0.15) is 0 Å². The molecule has 0 spiro atoms. The molecule has 4 nitrogen and oxygen atoms in total. The van der Waals surface area contributed by atoms with E-state index in [-0.39, 0.29) is 0 Å². The lowest BCUT2D eigenvalue weighted by Crippen LogP contribution is -2.30. The number of fused-ring (bicyclic) bond motifs is 1. The van der Waals surface area contributed by atoms with Gasteiger partial charge in [-0.3, -0.25) is 18.7 Å². The van der Waals surface area contributed by atoms with Gasteiger partial charge in [0.15, 0.2) is 0 Å². The van der Waals surface area contributed by atoms with Crippen molar-refractivity contribution in [1.82, 2.24) is 18.7 Å². The van der Waals surface area contributed by atoms with Gasteiger partial charge in [0, 0.05) is 16.0 Å². The Morgan fingerprint density at radius 3 is 1.17 bits per heavy atom. The van der Waals surface area contributed by atoms with E-state index in [1.54, 1.807) is 0 Å². The fraction of sp³-hybridized carbons (Fsp3) is 0.444. The maximum absolute atomic E-state index is 2.34. The number of nitrogens with zero attached hydrogens (tertiary/aromatic N) is 4. The van der Waals surface area contributed by atoms with E-state index in [1.165, 1.54) is 21.4 Å². The average molecular weight is 364 g/mol. The van der Waals surface area contributed by atoms with Crippen LogP contribution in [0.3, 0.4) is 0 Å². The maximum Gasteiger partial charge on any atom is 0.0720 e. The summed E-state index contributed by atoms with van der Waals surface area (Å²) in [4.78, 5) is 0. The molecule has 2 aromatic carbocycles. The van der Waals surface area contributed by atoms with Gasteiger partial charge in [-0.1, -0.05) is 36.4 Å². The Bertz CT molecular complexity index is 615. The minimum atomic E-state index is -0.513. The van der Waals surface area contributed by atoms with E-state index in [2.05, 4.69) is 111 Å². The summed E-state index contributed by atoms with van der Waals surface area (Å²) < 4.78 is 9.37. The Morgan fingerprint density at radius 1 is 0.542 bits per heavy atom. The highest BCUT2D eigenvalue weighted by Crippen LogP contribution is 2.44. The van der Waals surface area contributed by atoms with Gasteiger partial charge in [-0.15, -0.1) is 0 Å². The van der Waals surface area contributed by atoms with Crippen LogP contribution in [0.4, 0.5) is 0 Å². The van der Waals surface area contributed by atoms with Gasteiger partial charge in [0.05, 0.1) is 16.4 Å². The summed E-state index contributed by atoms with van der Waals surface area (Å²) in [6, 6.07) is 13.5. The second-order valence-corrected chi connectivity index (χ2v) is 11.9. The molecule has 0 unspecified atom stereocenters. The van der Waals surface area contributed by atoms with E-state index in [0.717, 1.165) is 0 Å². The normalized spacial score (nSPS) is 12.8. The van der Waals surface area contributed by atoms with Crippen molar-refractivity contribution in [2.24, 2.45) is 0 Å². The van der Waals surface area contributed by atoms with E-state index in [1.807, 2.05) is 0 Å². The standard InChI is InChI=1S/C18H30N4P2/c1-19(2)23(20(3)4)16-13-9-11-15-12-10-14-17(18(15)16)24(21(5)6)22(7)8/h9-14H,1-8H3. The molecule has 0 fully saturated rings. The molecule has 0 aromatic heterocycles. The molecule has 0 saturated carbocycles. The number of benzene rings is 2. The SMILES string of the molecule is CN(C)P(c1cccc2cccc(P(N(C)C)N(C)C)c12)N(C)C. The number of rotatable bonds is 6. The lowest BCUT2D eigenvalue weighted by Gasteiger charge is -2.34. The summed E-state index contributed by atoms with van der Waals surface area (Å²) in [5.74, 6) is 0. The van der Waals surface area contributed by atoms with Crippen LogP contribution >= 0.6 is 16.4 Å². The summed E-state index contributed by atoms with van der Waals surface area (Å²) in [6.45, 7) is 0. The van der Waals surface area contributed by atoms with E-state index >= 15 is 0 Å². The highest BCUT2D eigenvalue weighted by atomic mass is 31.1. The van der Waals surface area contributed by atoms with Gasteiger partial charge in [0.2, 0.25) is 0 Å². The highest BCUT2D eigenvalue weighted by Gasteiger charge is 2.25. The van der Waals surface area contributed by atoms with Gasteiger partial charge in [-0.2, -0.15) is 0 Å². The summed E-state index contributed by atoms with van der Waals surface area (Å²) in [7, 11) is 16.4. The smallest absolute Gasteiger partial charge is 0.0720 e. The molecule has 0 N–H and O–H groups in total. The molecule has 0 aliphatic heterocycles. The van der Waals surface area contributed by atoms with E-state index in [9.17, 15) is 0 Å². The van der Waals surface area contributed by atoms with Crippen LogP contribution in [0.15, 0.2) is 36.4 Å². The predicted molar refractivity (Wildman–Crippen MR) is 112 cm³/mol. The lowest BCUT2D eigenvalue weighted by atomic mass is 10.1. The average Bonchev–Trinajstić information content (AvgIpc) is 2.46. The largest absolute Gasteiger partial charge is 0.272 e. The Balaban J connectivity index is 2.79. The third-order valence-corrected chi connectivity index (χ3v) is 8.45. The second-order valence-electron chi connectivity index (χ2n) is 6.62. The Labute approximate surface area is 149 Å². The van der Waals surface area contributed by atoms with E-state index < -0.39 is 16.4 Å². The van der Waals surface area contributed by atoms with Gasteiger partial charge in [0.1, 0.15) is 0 Å². The topological polar surface area (TPSA) is 13.0 Å². The number of hydrogen-bond donors (Lipinski definition) is 0. The first-order chi connectivity index (χ1) is 11.3. The molecular weight excluding hydrogens is 334 g/mol. The van der Waals surface area contributed by atoms with Crippen LogP contribution < -0.4 is 10.6 Å². The zero-order valence-electron chi connectivity index (χ0n) is 16.1. The lowest BCUT2D eigenvalue weighted by molar-refractivity contribution is 0.584. The van der Waals surface area contributed by atoms with Gasteiger partial charge < -0.3 is 0 Å². The molecule has 0 heterocycles. The van der Waals surface area contributed by atoms with E-state index in [4.69, 9.17) is 0 Å². The highest BCUT2D eigenvalue weighted by molar-refractivity contribution is 7.63. The van der Waals surface area contributed by atoms with Crippen LogP contribution in [0.2, 0.25) is 0 Å². The van der Waals surface area contributed by atoms with Crippen molar-refractivity contribution in [3.8, 4) is 0 Å². The van der Waals surface area contributed by atoms with Gasteiger partial charge in [-0.05, 0) is 61.8 Å². The van der Waals surface area contributed by atoms with Crippen LogP contribution in [-0.4, -0.2) is 75.1 Å². The van der Waals surface area contributed by atoms with Gasteiger partial charge in [-0.25, -0.2) is 0 Å². The Kier molecular flexibility index (Phi) is 6.73. The molecule has 24 heavy (non-hydrogen) atoms. The molecule has 2 aromatic rings. The van der Waals surface area contributed by atoms with Crippen molar-refractivity contribution >= 4 is 37.8 Å². The predicted octanol–water partition coefficient (Wildman–Crippen LogP) is 2.96. The van der Waals surface area contributed by atoms with Crippen molar-refractivity contribution in [2.75, 3.05) is 56.4 Å². The van der Waals surface area contributed by atoms with Gasteiger partial charge >= 0.3 is 0 Å². The molecule has 0 amide bonds. The fourth-order valence-electron chi connectivity index (χ4n) is 3.21. The Morgan fingerprint density at radius 2 is 0.875 bits per heavy atom. The zero-order chi connectivity index (χ0) is 18.0. The summed E-state index contributed by atoms with van der Waals surface area (Å²) in [5, 5.41) is 5.62. The second kappa shape index (κ2) is 8.19. The van der Waals surface area contributed by atoms with Crippen LogP contribution in [0, 0.1) is 0 Å². The first-order valence-electron chi connectivity index (χ1n) is 8.06. The molecule has 0 aliphatic carbocycles. The minimum absolute atomic E-state index is 0.513. The van der Waals surface area contributed by atoms with Crippen molar-refractivity contribution in [2.45, 2.75) is 0 Å². The summed E-state index contributed by atoms with van der Waals surface area (Å²) in [5.41, 5.74) is 0. The fourth-order valence-corrected chi connectivity index (χ4v) is 7.79. The Hall–Kier alpha value is -0.600. The van der Waals surface area contributed by atoms with Gasteiger partial charge in [0.25, 0.3) is 0 Å².